The summed E-state index contributed by atoms with van der Waals surface area (Å²) in [4.78, 5) is 12.8. The monoisotopic (exact) mass is 244 g/mol. The zero-order valence-electron chi connectivity index (χ0n) is 10.2. The van der Waals surface area contributed by atoms with E-state index in [-0.39, 0.29) is 19.5 Å². The number of hydrogen-bond acceptors (Lipinski definition) is 4. The van der Waals surface area contributed by atoms with Gasteiger partial charge in [0, 0.05) is 13.0 Å². The maximum atomic E-state index is 13.6. The van der Waals surface area contributed by atoms with Crippen LogP contribution in [0.1, 0.15) is 27.2 Å². The zero-order chi connectivity index (χ0) is 13.3. The Balaban J connectivity index is 2.62. The fourth-order valence-corrected chi connectivity index (χ4v) is 1.52. The number of piperidine rings is 1. The van der Waals surface area contributed by atoms with Crippen molar-refractivity contribution in [2.24, 2.45) is 0 Å². The third kappa shape index (κ3) is 3.30. The number of nitrogens with zero attached hydrogens (tertiary/aromatic N) is 2. The Hall–Kier alpha value is -1.35. The number of halogens is 1. The van der Waals surface area contributed by atoms with E-state index in [9.17, 15) is 14.3 Å². The van der Waals surface area contributed by atoms with Crippen LogP contribution in [0.3, 0.4) is 0 Å². The second-order valence-corrected chi connectivity index (χ2v) is 5.18. The summed E-state index contributed by atoms with van der Waals surface area (Å²) in [5.74, 6) is 0. The maximum absolute atomic E-state index is 13.6. The number of alkyl halides is 1. The standard InChI is InChI=1S/C11H17FN2O3/c1-10(2,3)17-9(15)14-5-4-11(16,7-13)8(12)6-14/h8,16H,4-6H2,1-3H3. The number of carbonyl (C=O) groups is 1. The first kappa shape index (κ1) is 13.7. The van der Waals surface area contributed by atoms with Crippen LogP contribution >= 0.6 is 0 Å². The lowest BCUT2D eigenvalue weighted by molar-refractivity contribution is -0.0511. The fourth-order valence-electron chi connectivity index (χ4n) is 1.52. The van der Waals surface area contributed by atoms with Crippen molar-refractivity contribution in [1.29, 1.82) is 5.26 Å². The average Bonchev–Trinajstić information content (AvgIpc) is 2.19. The first-order chi connectivity index (χ1) is 7.68. The van der Waals surface area contributed by atoms with Crippen molar-refractivity contribution in [2.75, 3.05) is 13.1 Å². The predicted octanol–water partition coefficient (Wildman–Crippen LogP) is 1.22. The van der Waals surface area contributed by atoms with E-state index in [4.69, 9.17) is 10.00 Å². The molecule has 0 aliphatic carbocycles. The minimum Gasteiger partial charge on any atom is -0.444 e. The van der Waals surface area contributed by atoms with Gasteiger partial charge in [0.05, 0.1) is 6.54 Å². The van der Waals surface area contributed by atoms with E-state index in [1.807, 2.05) is 0 Å². The van der Waals surface area contributed by atoms with Crippen LogP contribution in [0.15, 0.2) is 0 Å². The third-order valence-electron chi connectivity index (χ3n) is 2.51. The topological polar surface area (TPSA) is 73.6 Å². The van der Waals surface area contributed by atoms with Gasteiger partial charge >= 0.3 is 6.09 Å². The second-order valence-electron chi connectivity index (χ2n) is 5.18. The van der Waals surface area contributed by atoms with E-state index in [1.165, 1.54) is 11.0 Å². The van der Waals surface area contributed by atoms with E-state index < -0.39 is 23.5 Å². The summed E-state index contributed by atoms with van der Waals surface area (Å²) >= 11 is 0. The normalized spacial score (nSPS) is 29.6. The smallest absolute Gasteiger partial charge is 0.410 e. The van der Waals surface area contributed by atoms with Gasteiger partial charge in [0.2, 0.25) is 0 Å². The van der Waals surface area contributed by atoms with E-state index in [0.717, 1.165) is 0 Å². The first-order valence-electron chi connectivity index (χ1n) is 5.43. The number of hydrogen-bond donors (Lipinski definition) is 1. The van der Waals surface area contributed by atoms with Crippen LogP contribution in [0.5, 0.6) is 0 Å². The van der Waals surface area contributed by atoms with Crippen LogP contribution in [0.2, 0.25) is 0 Å². The molecule has 1 aliphatic heterocycles. The molecule has 17 heavy (non-hydrogen) atoms. The van der Waals surface area contributed by atoms with Crippen LogP contribution < -0.4 is 0 Å². The Morgan fingerprint density at radius 2 is 2.24 bits per heavy atom. The van der Waals surface area contributed by atoms with Gasteiger partial charge in [-0.3, -0.25) is 0 Å². The molecule has 96 valence electrons. The largest absolute Gasteiger partial charge is 0.444 e. The third-order valence-corrected chi connectivity index (χ3v) is 2.51. The molecule has 1 saturated heterocycles. The predicted molar refractivity (Wildman–Crippen MR) is 57.9 cm³/mol. The summed E-state index contributed by atoms with van der Waals surface area (Å²) in [7, 11) is 0. The van der Waals surface area contributed by atoms with E-state index >= 15 is 0 Å². The highest BCUT2D eigenvalue weighted by Gasteiger charge is 2.44. The number of rotatable bonds is 0. The molecule has 1 N–H and O–H groups in total. The van der Waals surface area contributed by atoms with Gasteiger partial charge in [0.15, 0.2) is 11.8 Å². The molecule has 0 aromatic carbocycles. The van der Waals surface area contributed by atoms with Crippen molar-refractivity contribution in [3.63, 3.8) is 0 Å². The molecular formula is C11H17FN2O3. The number of carbonyl (C=O) groups excluding carboxylic acids is 1. The van der Waals surface area contributed by atoms with Crippen LogP contribution in [-0.2, 0) is 4.74 Å². The number of likely N-dealkylation sites (tertiary alicyclic amines) is 1. The lowest BCUT2D eigenvalue weighted by atomic mass is 9.91. The zero-order valence-corrected chi connectivity index (χ0v) is 10.2. The summed E-state index contributed by atoms with van der Waals surface area (Å²) < 4.78 is 18.6. The second kappa shape index (κ2) is 4.49. The molecule has 1 aliphatic rings. The van der Waals surface area contributed by atoms with Gasteiger partial charge in [-0.1, -0.05) is 0 Å². The minimum absolute atomic E-state index is 0.107. The summed E-state index contributed by atoms with van der Waals surface area (Å²) in [6.45, 7) is 4.94. The molecule has 2 unspecified atom stereocenters. The summed E-state index contributed by atoms with van der Waals surface area (Å²) in [6.07, 6.45) is -2.50. The van der Waals surface area contributed by atoms with Crippen LogP contribution in [0.25, 0.3) is 0 Å². The quantitative estimate of drug-likeness (QED) is 0.650. The molecule has 2 atom stereocenters. The van der Waals surface area contributed by atoms with Gasteiger partial charge in [-0.05, 0) is 20.8 Å². The molecular weight excluding hydrogens is 227 g/mol. The van der Waals surface area contributed by atoms with Crippen molar-refractivity contribution < 1.29 is 19.0 Å². The van der Waals surface area contributed by atoms with Gasteiger partial charge in [0.25, 0.3) is 0 Å². The molecule has 0 aromatic heterocycles. The molecule has 5 nitrogen and oxygen atoms in total. The van der Waals surface area contributed by atoms with E-state index in [0.29, 0.717) is 0 Å². The molecule has 0 spiro atoms. The first-order valence-corrected chi connectivity index (χ1v) is 5.43. The molecule has 1 fully saturated rings. The van der Waals surface area contributed by atoms with Crippen LogP contribution in [0, 0.1) is 11.3 Å². The highest BCUT2D eigenvalue weighted by molar-refractivity contribution is 5.68. The molecule has 6 heteroatoms. The highest BCUT2D eigenvalue weighted by Crippen LogP contribution is 2.25. The summed E-state index contributed by atoms with van der Waals surface area (Å²) in [5, 5.41) is 18.2. The van der Waals surface area contributed by atoms with Crippen LogP contribution in [-0.4, -0.2) is 46.6 Å². The molecule has 1 amide bonds. The average molecular weight is 244 g/mol. The number of ether oxygens (including phenoxy) is 1. The van der Waals surface area contributed by atoms with Gasteiger partial charge in [-0.2, -0.15) is 5.26 Å². The van der Waals surface area contributed by atoms with Crippen molar-refractivity contribution in [3.05, 3.63) is 0 Å². The van der Waals surface area contributed by atoms with Crippen molar-refractivity contribution in [1.82, 2.24) is 4.90 Å². The SMILES string of the molecule is CC(C)(C)OC(=O)N1CCC(O)(C#N)C(F)C1. The fraction of sp³-hybridized carbons (Fsp3) is 0.818. The van der Waals surface area contributed by atoms with Gasteiger partial charge < -0.3 is 14.7 Å². The van der Waals surface area contributed by atoms with Gasteiger partial charge in [0.1, 0.15) is 11.7 Å². The lowest BCUT2D eigenvalue weighted by Crippen LogP contribution is -2.55. The number of aliphatic hydroxyl groups is 1. The summed E-state index contributed by atoms with van der Waals surface area (Å²) in [5.41, 5.74) is -2.63. The molecule has 0 aromatic rings. The Kier molecular flexibility index (Phi) is 3.62. The summed E-state index contributed by atoms with van der Waals surface area (Å²) in [6, 6.07) is 1.54. The Morgan fingerprint density at radius 3 is 2.65 bits per heavy atom. The van der Waals surface area contributed by atoms with E-state index in [1.54, 1.807) is 20.8 Å². The molecule has 1 heterocycles. The molecule has 0 radical (unpaired) electrons. The molecule has 1 rings (SSSR count). The van der Waals surface area contributed by atoms with Gasteiger partial charge in [-0.15, -0.1) is 0 Å². The van der Waals surface area contributed by atoms with Gasteiger partial charge in [-0.25, -0.2) is 9.18 Å². The molecule has 0 saturated carbocycles. The highest BCUT2D eigenvalue weighted by atomic mass is 19.1. The van der Waals surface area contributed by atoms with Crippen LogP contribution in [0.4, 0.5) is 9.18 Å². The van der Waals surface area contributed by atoms with Crippen molar-refractivity contribution in [2.45, 2.75) is 44.6 Å². The lowest BCUT2D eigenvalue weighted by Gasteiger charge is -2.37. The van der Waals surface area contributed by atoms with E-state index in [2.05, 4.69) is 0 Å². The number of nitriles is 1. The Bertz CT molecular complexity index is 348. The minimum atomic E-state index is -1.99. The Morgan fingerprint density at radius 1 is 1.65 bits per heavy atom. The van der Waals surface area contributed by atoms with Crippen molar-refractivity contribution >= 4 is 6.09 Å². The van der Waals surface area contributed by atoms with Crippen molar-refractivity contribution in [3.8, 4) is 6.07 Å². The maximum Gasteiger partial charge on any atom is 0.410 e. The number of amides is 1. The Labute approximate surface area is 99.8 Å². The molecule has 0 bridgehead atoms.